The Kier molecular flexibility index (Phi) is 5.59. The van der Waals surface area contributed by atoms with Crippen LogP contribution in [0.1, 0.15) is 17.0 Å². The van der Waals surface area contributed by atoms with Gasteiger partial charge in [-0.2, -0.15) is 0 Å². The Morgan fingerprint density at radius 3 is 2.60 bits per heavy atom. The van der Waals surface area contributed by atoms with Crippen molar-refractivity contribution in [1.82, 2.24) is 9.55 Å². The molecule has 3 aromatic rings. The number of aryl methyl sites for hydroxylation is 2. The number of carbonyl (C=O) groups is 1. The number of hydrogen-bond donors (Lipinski definition) is 2. The number of hydrogen-bond acceptors (Lipinski definition) is 8. The van der Waals surface area contributed by atoms with Crippen LogP contribution in [0.15, 0.2) is 48.5 Å². The molecule has 3 rings (SSSR count). The van der Waals surface area contributed by atoms with Crippen LogP contribution in [0.25, 0.3) is 5.82 Å². The number of amides is 1. The molecule has 156 valence electrons. The maximum absolute atomic E-state index is 13.0. The molecule has 30 heavy (non-hydrogen) atoms. The average molecular weight is 446 g/mol. The summed E-state index contributed by atoms with van der Waals surface area (Å²) in [6, 6.07) is 5.89. The van der Waals surface area contributed by atoms with Crippen molar-refractivity contribution in [3.63, 3.8) is 0 Å². The van der Waals surface area contributed by atoms with E-state index in [1.807, 2.05) is 0 Å². The molecule has 9 nitrogen and oxygen atoms in total. The summed E-state index contributed by atoms with van der Waals surface area (Å²) in [5.74, 6) is -0.336. The van der Waals surface area contributed by atoms with Gasteiger partial charge in [-0.05, 0) is 49.7 Å². The van der Waals surface area contributed by atoms with Gasteiger partial charge in [-0.3, -0.25) is 14.2 Å². The third kappa shape index (κ3) is 3.64. The number of nitrogens with zero attached hydrogens (tertiary/aromatic N) is 3. The van der Waals surface area contributed by atoms with E-state index in [0.29, 0.717) is 17.0 Å². The number of nitrogens with two attached hydrogens (primary N) is 2. The second-order valence-electron chi connectivity index (χ2n) is 6.51. The van der Waals surface area contributed by atoms with E-state index in [1.165, 1.54) is 18.2 Å². The van der Waals surface area contributed by atoms with Gasteiger partial charge in [0.1, 0.15) is 14.8 Å². The molecule has 0 saturated carbocycles. The predicted molar refractivity (Wildman–Crippen MR) is 116 cm³/mol. The van der Waals surface area contributed by atoms with Gasteiger partial charge < -0.3 is 11.5 Å². The minimum absolute atomic E-state index is 0.0270. The van der Waals surface area contributed by atoms with Crippen molar-refractivity contribution >= 4 is 45.2 Å². The van der Waals surface area contributed by atoms with Crippen molar-refractivity contribution in [3.8, 4) is 5.82 Å². The molecule has 0 fully saturated rings. The molecule has 11 heteroatoms. The van der Waals surface area contributed by atoms with Crippen molar-refractivity contribution in [1.29, 1.82) is 0 Å². The molecular weight excluding hydrogens is 426 g/mol. The number of sulfone groups is 1. The number of nitrogen functional groups attached to an aromatic ring is 2. The normalized spacial score (nSPS) is 11.4. The molecule has 0 aliphatic rings. The van der Waals surface area contributed by atoms with Crippen LogP contribution in [-0.4, -0.2) is 30.6 Å². The van der Waals surface area contributed by atoms with Crippen LogP contribution >= 0.6 is 11.3 Å². The molecule has 0 atom stereocenters. The third-order valence-corrected chi connectivity index (χ3v) is 7.69. The van der Waals surface area contributed by atoms with Crippen molar-refractivity contribution in [3.05, 3.63) is 57.0 Å². The van der Waals surface area contributed by atoms with Crippen molar-refractivity contribution in [2.75, 3.05) is 11.5 Å². The highest BCUT2D eigenvalue weighted by atomic mass is 32.2. The topological polar surface area (TPSA) is 150 Å². The lowest BCUT2D eigenvalue weighted by Crippen LogP contribution is -2.27. The minimum Gasteiger partial charge on any atom is -0.396 e. The molecule has 0 unspecified atom stereocenters. The Morgan fingerprint density at radius 1 is 1.30 bits per heavy atom. The van der Waals surface area contributed by atoms with Crippen molar-refractivity contribution in [2.24, 2.45) is 4.99 Å². The molecule has 1 amide bonds. The van der Waals surface area contributed by atoms with Gasteiger partial charge in [0.2, 0.25) is 15.7 Å². The number of carbonyl (C=O) groups excluding carboxylic acids is 1. The molecule has 3 heterocycles. The van der Waals surface area contributed by atoms with Gasteiger partial charge >= 0.3 is 0 Å². The van der Waals surface area contributed by atoms with E-state index in [-0.39, 0.29) is 27.0 Å². The predicted octanol–water partition coefficient (Wildman–Crippen LogP) is 1.68. The number of rotatable bonds is 5. The first-order valence-electron chi connectivity index (χ1n) is 8.64. The lowest BCUT2D eigenvalue weighted by molar-refractivity contribution is -0.117. The molecule has 0 saturated heterocycles. The first kappa shape index (κ1) is 21.4. The number of aromatic nitrogens is 2. The summed E-state index contributed by atoms with van der Waals surface area (Å²) in [5.41, 5.74) is 12.3. The summed E-state index contributed by atoms with van der Waals surface area (Å²) in [7, 11) is -3.94. The zero-order chi connectivity index (χ0) is 22.2. The van der Waals surface area contributed by atoms with Crippen LogP contribution in [0.4, 0.5) is 11.4 Å². The van der Waals surface area contributed by atoms with E-state index >= 15 is 0 Å². The first-order valence-corrected chi connectivity index (χ1v) is 11.0. The monoisotopic (exact) mass is 445 g/mol. The minimum atomic E-state index is -3.94. The standard InChI is InChI=1S/C19H19N5O4S2/c1-10-7-14(30(27,28)16-5-4-6-29-16)17(21)19(26)24(10)18-13(20)8-12(11(2)23-18)9-15(25)22-3/h4-8H,3,9,20-21H2,1-2H3. The molecule has 0 aliphatic heterocycles. The maximum Gasteiger partial charge on any atom is 0.281 e. The Hall–Kier alpha value is -3.31. The Bertz CT molecular complexity index is 1330. The zero-order valence-corrected chi connectivity index (χ0v) is 17.9. The van der Waals surface area contributed by atoms with E-state index in [2.05, 4.69) is 16.7 Å². The number of thiophene rings is 1. The molecule has 0 spiro atoms. The summed E-state index contributed by atoms with van der Waals surface area (Å²) in [6.45, 7) is 6.41. The van der Waals surface area contributed by atoms with Gasteiger partial charge in [0.25, 0.3) is 5.56 Å². The fourth-order valence-electron chi connectivity index (χ4n) is 2.96. The number of pyridine rings is 2. The molecular formula is C19H19N5O4S2. The van der Waals surface area contributed by atoms with Crippen molar-refractivity contribution < 1.29 is 13.2 Å². The fourth-order valence-corrected chi connectivity index (χ4v) is 5.53. The maximum atomic E-state index is 13.0. The highest BCUT2D eigenvalue weighted by molar-refractivity contribution is 7.93. The van der Waals surface area contributed by atoms with Crippen LogP contribution < -0.4 is 17.0 Å². The average Bonchev–Trinajstić information content (AvgIpc) is 3.23. The van der Waals surface area contributed by atoms with Gasteiger partial charge in [0, 0.05) is 11.4 Å². The van der Waals surface area contributed by atoms with Crippen molar-refractivity contribution in [2.45, 2.75) is 29.4 Å². The van der Waals surface area contributed by atoms with E-state index in [1.54, 1.807) is 25.3 Å². The summed E-state index contributed by atoms with van der Waals surface area (Å²) in [5, 5.41) is 1.62. The Morgan fingerprint density at radius 2 is 2.00 bits per heavy atom. The molecule has 3 aromatic heterocycles. The highest BCUT2D eigenvalue weighted by Crippen LogP contribution is 2.29. The Balaban J connectivity index is 2.19. The first-order chi connectivity index (χ1) is 14.1. The van der Waals surface area contributed by atoms with E-state index < -0.39 is 27.0 Å². The quantitative estimate of drug-likeness (QED) is 0.567. The fraction of sp³-hybridized carbons (Fsp3) is 0.158. The van der Waals surface area contributed by atoms with Gasteiger partial charge in [0.05, 0.1) is 12.1 Å². The molecule has 0 aromatic carbocycles. The van der Waals surface area contributed by atoms with Crippen LogP contribution in [-0.2, 0) is 21.1 Å². The smallest absolute Gasteiger partial charge is 0.281 e. The molecule has 0 bridgehead atoms. The van der Waals surface area contributed by atoms with Crippen LogP contribution in [0, 0.1) is 13.8 Å². The SMILES string of the molecule is C=NC(=O)Cc1cc(N)c(-n2c(C)cc(S(=O)(=O)c3cccs3)c(N)c2=O)nc1C. The molecule has 4 N–H and O–H groups in total. The van der Waals surface area contributed by atoms with Gasteiger partial charge in [0.15, 0.2) is 5.82 Å². The molecule has 0 aliphatic carbocycles. The summed E-state index contributed by atoms with van der Waals surface area (Å²) < 4.78 is 27.0. The summed E-state index contributed by atoms with van der Waals surface area (Å²) >= 11 is 1.03. The second kappa shape index (κ2) is 7.84. The van der Waals surface area contributed by atoms with Gasteiger partial charge in [-0.25, -0.2) is 18.4 Å². The number of aliphatic imine (C=N–C) groups is 1. The Labute approximate surface area is 176 Å². The third-order valence-electron chi connectivity index (χ3n) is 4.50. The molecule has 0 radical (unpaired) electrons. The van der Waals surface area contributed by atoms with Crippen LogP contribution in [0.3, 0.4) is 0 Å². The zero-order valence-electron chi connectivity index (χ0n) is 16.2. The van der Waals surface area contributed by atoms with E-state index in [4.69, 9.17) is 11.5 Å². The largest absolute Gasteiger partial charge is 0.396 e. The second-order valence-corrected chi connectivity index (χ2v) is 9.61. The van der Waals surface area contributed by atoms with E-state index in [0.717, 1.165) is 15.9 Å². The lowest BCUT2D eigenvalue weighted by Gasteiger charge is -2.16. The number of anilines is 2. The van der Waals surface area contributed by atoms with Crippen LogP contribution in [0.2, 0.25) is 0 Å². The highest BCUT2D eigenvalue weighted by Gasteiger charge is 2.26. The summed E-state index contributed by atoms with van der Waals surface area (Å²) in [4.78, 5) is 32.0. The van der Waals surface area contributed by atoms with Crippen LogP contribution in [0.5, 0.6) is 0 Å². The van der Waals surface area contributed by atoms with Gasteiger partial charge in [-0.15, -0.1) is 11.3 Å². The summed E-state index contributed by atoms with van der Waals surface area (Å²) in [6.07, 6.45) is -0.0270. The van der Waals surface area contributed by atoms with Gasteiger partial charge in [-0.1, -0.05) is 6.07 Å². The lowest BCUT2D eigenvalue weighted by atomic mass is 10.1. The van der Waals surface area contributed by atoms with E-state index in [9.17, 15) is 18.0 Å².